The maximum atomic E-state index is 13.2. The molecule has 0 aromatic carbocycles. The maximum absolute atomic E-state index is 13.2. The minimum Gasteiger partial charge on any atom is -0.394 e. The van der Waals surface area contributed by atoms with E-state index >= 15 is 0 Å². The summed E-state index contributed by atoms with van der Waals surface area (Å²) in [4.78, 5) is 13.2. The highest BCUT2D eigenvalue weighted by Gasteiger charge is 2.51. The Hall–Kier alpha value is -1.27. The summed E-state index contributed by atoms with van der Waals surface area (Å²) >= 11 is 0. The second kappa shape index (κ2) is 47.5. The SMILES string of the molecule is CCCCCCC/C=C\CCCCCCCC(=O)NC(COC1OC(CO)C(OC2OC(CO)C(O)C(O)C2O)C(O)C1O)C(O)CCCCCCCCCCCCCCCCCCCCCCCCCCCCC. The Morgan fingerprint density at radius 3 is 1.27 bits per heavy atom. The van der Waals surface area contributed by atoms with Crippen molar-refractivity contribution in [2.45, 2.75) is 351 Å². The summed E-state index contributed by atoms with van der Waals surface area (Å²) < 4.78 is 22.8. The first-order valence-corrected chi connectivity index (χ1v) is 31.4. The molecule has 0 bridgehead atoms. The molecule has 0 aromatic rings. The van der Waals surface area contributed by atoms with Crippen molar-refractivity contribution in [1.82, 2.24) is 5.32 Å². The lowest BCUT2D eigenvalue weighted by Crippen LogP contribution is -2.65. The van der Waals surface area contributed by atoms with Gasteiger partial charge in [0.25, 0.3) is 0 Å². The summed E-state index contributed by atoms with van der Waals surface area (Å²) in [6.07, 6.45) is 38.0. The number of amides is 1. The third kappa shape index (κ3) is 33.2. The van der Waals surface area contributed by atoms with Crippen LogP contribution < -0.4 is 5.32 Å². The molecule has 14 nitrogen and oxygen atoms in total. The molecule has 2 rings (SSSR count). The van der Waals surface area contributed by atoms with Crippen molar-refractivity contribution < 1.29 is 64.6 Å². The molecule has 12 atom stereocenters. The monoisotopic (exact) mass is 1070 g/mol. The summed E-state index contributed by atoms with van der Waals surface area (Å²) in [7, 11) is 0. The average molecular weight is 1070 g/mol. The minimum absolute atomic E-state index is 0.212. The Kier molecular flexibility index (Phi) is 44.3. The number of hydrogen-bond donors (Lipinski definition) is 9. The van der Waals surface area contributed by atoms with Gasteiger partial charge in [-0.05, 0) is 38.5 Å². The Balaban J connectivity index is 1.69. The van der Waals surface area contributed by atoms with Gasteiger partial charge in [0.1, 0.15) is 48.8 Å². The molecule has 75 heavy (non-hydrogen) atoms. The molecule has 9 N–H and O–H groups in total. The van der Waals surface area contributed by atoms with Gasteiger partial charge in [0.2, 0.25) is 5.91 Å². The highest BCUT2D eigenvalue weighted by atomic mass is 16.7. The zero-order chi connectivity index (χ0) is 54.6. The van der Waals surface area contributed by atoms with Crippen LogP contribution in [0, 0.1) is 0 Å². The highest BCUT2D eigenvalue weighted by molar-refractivity contribution is 5.76. The predicted octanol–water partition coefficient (Wildman–Crippen LogP) is 11.1. The second-order valence-corrected chi connectivity index (χ2v) is 22.5. The molecule has 444 valence electrons. The Labute approximate surface area is 456 Å². The average Bonchev–Trinajstić information content (AvgIpc) is 3.41. The normalized spacial score (nSPS) is 25.0. The van der Waals surface area contributed by atoms with Crippen LogP contribution in [-0.4, -0.2) is 140 Å². The van der Waals surface area contributed by atoms with Gasteiger partial charge in [-0.3, -0.25) is 4.79 Å². The van der Waals surface area contributed by atoms with E-state index in [9.17, 15) is 45.6 Å². The first-order valence-electron chi connectivity index (χ1n) is 31.4. The lowest BCUT2D eigenvalue weighted by molar-refractivity contribution is -0.359. The second-order valence-electron chi connectivity index (χ2n) is 22.5. The van der Waals surface area contributed by atoms with Crippen LogP contribution in [0.3, 0.4) is 0 Å². The van der Waals surface area contributed by atoms with Gasteiger partial charge < -0.3 is 65.1 Å². The van der Waals surface area contributed by atoms with Crippen LogP contribution in [0.5, 0.6) is 0 Å². The number of aliphatic hydroxyl groups is 8. The molecular formula is C61H117NO13. The van der Waals surface area contributed by atoms with Crippen LogP contribution >= 0.6 is 0 Å². The van der Waals surface area contributed by atoms with Gasteiger partial charge in [-0.15, -0.1) is 0 Å². The standard InChI is InChI=1S/C61H117NO13/c1-3-5-7-9-11-13-15-17-19-20-21-22-23-24-25-26-27-28-29-30-31-32-34-36-38-40-42-44-50(65)49(62-53(66)45-43-41-39-37-35-33-18-16-14-12-10-8-6-4-2)48-72-60-58(71)56(69)59(52(47-64)74-60)75-61-57(70)55(68)54(67)51(46-63)73-61/h16,18,49-52,54-61,63-65,67-71H,3-15,17,19-48H2,1-2H3,(H,62,66)/b18-16-. The van der Waals surface area contributed by atoms with E-state index < -0.39 is 86.8 Å². The predicted molar refractivity (Wildman–Crippen MR) is 300 cm³/mol. The van der Waals surface area contributed by atoms with Crippen LogP contribution in [0.1, 0.15) is 277 Å². The third-order valence-corrected chi connectivity index (χ3v) is 15.7. The molecule has 2 heterocycles. The van der Waals surface area contributed by atoms with Gasteiger partial charge in [-0.2, -0.15) is 0 Å². The molecular weight excluding hydrogens is 955 g/mol. The van der Waals surface area contributed by atoms with Gasteiger partial charge in [0.05, 0.1) is 32.0 Å². The molecule has 0 saturated carbocycles. The summed E-state index contributed by atoms with van der Waals surface area (Å²) in [6.45, 7) is 2.87. The molecule has 0 aromatic heterocycles. The Bertz CT molecular complexity index is 1310. The lowest BCUT2D eigenvalue weighted by atomic mass is 9.97. The summed E-state index contributed by atoms with van der Waals surface area (Å²) in [5, 5.41) is 87.3. The zero-order valence-electron chi connectivity index (χ0n) is 47.8. The Morgan fingerprint density at radius 1 is 0.467 bits per heavy atom. The molecule has 1 amide bonds. The lowest BCUT2D eigenvalue weighted by Gasteiger charge is -2.46. The zero-order valence-corrected chi connectivity index (χ0v) is 47.8. The molecule has 14 heteroatoms. The van der Waals surface area contributed by atoms with E-state index in [-0.39, 0.29) is 12.5 Å². The molecule has 0 spiro atoms. The molecule has 2 aliphatic heterocycles. The van der Waals surface area contributed by atoms with E-state index in [0.717, 1.165) is 64.2 Å². The quantitative estimate of drug-likeness (QED) is 0.0204. The molecule has 2 aliphatic rings. The van der Waals surface area contributed by atoms with Crippen LogP contribution in [0.4, 0.5) is 0 Å². The van der Waals surface area contributed by atoms with E-state index in [1.165, 1.54) is 180 Å². The first kappa shape index (κ1) is 69.8. The number of nitrogens with one attached hydrogen (secondary N) is 1. The number of aliphatic hydroxyl groups excluding tert-OH is 8. The number of ether oxygens (including phenoxy) is 4. The molecule has 2 saturated heterocycles. The fraction of sp³-hybridized carbons (Fsp3) is 0.951. The molecule has 12 unspecified atom stereocenters. The van der Waals surface area contributed by atoms with Gasteiger partial charge in [0, 0.05) is 6.42 Å². The summed E-state index contributed by atoms with van der Waals surface area (Å²) in [5.74, 6) is -0.212. The number of unbranched alkanes of at least 4 members (excludes halogenated alkanes) is 36. The third-order valence-electron chi connectivity index (χ3n) is 15.7. The van der Waals surface area contributed by atoms with Crippen molar-refractivity contribution in [2.24, 2.45) is 0 Å². The number of hydrogen-bond acceptors (Lipinski definition) is 13. The van der Waals surface area contributed by atoms with Gasteiger partial charge in [-0.1, -0.05) is 244 Å². The topological polar surface area (TPSA) is 228 Å². The highest BCUT2D eigenvalue weighted by Crippen LogP contribution is 2.30. The van der Waals surface area contributed by atoms with Crippen molar-refractivity contribution in [1.29, 1.82) is 0 Å². The van der Waals surface area contributed by atoms with E-state index in [1.54, 1.807) is 0 Å². The molecule has 2 fully saturated rings. The van der Waals surface area contributed by atoms with Crippen LogP contribution in [0.2, 0.25) is 0 Å². The van der Waals surface area contributed by atoms with E-state index in [1.807, 2.05) is 0 Å². The Morgan fingerprint density at radius 2 is 0.840 bits per heavy atom. The van der Waals surface area contributed by atoms with Crippen molar-refractivity contribution >= 4 is 5.91 Å². The van der Waals surface area contributed by atoms with Crippen molar-refractivity contribution in [3.63, 3.8) is 0 Å². The number of carbonyl (C=O) groups excluding carboxylic acids is 1. The van der Waals surface area contributed by atoms with Gasteiger partial charge in [-0.25, -0.2) is 0 Å². The fourth-order valence-electron chi connectivity index (χ4n) is 10.6. The van der Waals surface area contributed by atoms with Crippen molar-refractivity contribution in [2.75, 3.05) is 19.8 Å². The van der Waals surface area contributed by atoms with Crippen LogP contribution in [-0.2, 0) is 23.7 Å². The summed E-state index contributed by atoms with van der Waals surface area (Å²) in [6, 6.07) is -0.830. The van der Waals surface area contributed by atoms with Crippen LogP contribution in [0.15, 0.2) is 12.2 Å². The largest absolute Gasteiger partial charge is 0.394 e. The summed E-state index contributed by atoms with van der Waals surface area (Å²) in [5.41, 5.74) is 0. The van der Waals surface area contributed by atoms with Crippen molar-refractivity contribution in [3.8, 4) is 0 Å². The molecule has 0 aliphatic carbocycles. The number of rotatable bonds is 51. The van der Waals surface area contributed by atoms with Gasteiger partial charge >= 0.3 is 0 Å². The fourth-order valence-corrected chi connectivity index (χ4v) is 10.6. The first-order chi connectivity index (χ1) is 36.6. The van der Waals surface area contributed by atoms with Crippen molar-refractivity contribution in [3.05, 3.63) is 12.2 Å². The van der Waals surface area contributed by atoms with E-state index in [2.05, 4.69) is 31.3 Å². The number of allylic oxidation sites excluding steroid dienone is 2. The number of carbonyl (C=O) groups is 1. The van der Waals surface area contributed by atoms with Crippen LogP contribution in [0.25, 0.3) is 0 Å². The smallest absolute Gasteiger partial charge is 0.220 e. The minimum atomic E-state index is -1.78. The maximum Gasteiger partial charge on any atom is 0.220 e. The van der Waals surface area contributed by atoms with E-state index in [0.29, 0.717) is 19.3 Å². The molecule has 0 radical (unpaired) electrons. The van der Waals surface area contributed by atoms with Gasteiger partial charge in [0.15, 0.2) is 12.6 Å². The van der Waals surface area contributed by atoms with E-state index in [4.69, 9.17) is 18.9 Å².